The zero-order valence-corrected chi connectivity index (χ0v) is 9.05. The molecule has 82 valence electrons. The highest BCUT2D eigenvalue weighted by molar-refractivity contribution is 6.29. The van der Waals surface area contributed by atoms with Crippen molar-refractivity contribution in [2.45, 2.75) is 6.92 Å². The Labute approximate surface area is 95.6 Å². The first-order valence-electron chi connectivity index (χ1n) is 4.41. The van der Waals surface area contributed by atoms with Gasteiger partial charge in [0.05, 0.1) is 11.1 Å². The van der Waals surface area contributed by atoms with Crippen molar-refractivity contribution in [2.24, 2.45) is 0 Å². The molecule has 2 aromatic rings. The summed E-state index contributed by atoms with van der Waals surface area (Å²) in [6.07, 6.45) is 1.42. The molecule has 1 heterocycles. The molecule has 6 nitrogen and oxygen atoms in total. The van der Waals surface area contributed by atoms with Crippen molar-refractivity contribution in [1.82, 2.24) is 15.0 Å². The Morgan fingerprint density at radius 3 is 2.81 bits per heavy atom. The quantitative estimate of drug-likeness (QED) is 0.593. The van der Waals surface area contributed by atoms with E-state index in [2.05, 4.69) is 10.3 Å². The summed E-state index contributed by atoms with van der Waals surface area (Å²) in [7, 11) is 0. The Bertz CT molecular complexity index is 552. The monoisotopic (exact) mass is 238 g/mol. The fourth-order valence-corrected chi connectivity index (χ4v) is 1.46. The largest absolute Gasteiger partial charge is 0.295 e. The van der Waals surface area contributed by atoms with E-state index >= 15 is 0 Å². The number of hydrogen-bond acceptors (Lipinski definition) is 4. The first-order chi connectivity index (χ1) is 7.58. The second-order valence-electron chi connectivity index (χ2n) is 3.24. The Morgan fingerprint density at radius 1 is 1.50 bits per heavy atom. The second-order valence-corrected chi connectivity index (χ2v) is 3.62. The maximum atomic E-state index is 10.9. The average Bonchev–Trinajstić information content (AvgIpc) is 2.64. The summed E-state index contributed by atoms with van der Waals surface area (Å²) in [6.45, 7) is 1.78. The van der Waals surface area contributed by atoms with Crippen LogP contribution in [0.15, 0.2) is 24.4 Å². The first kappa shape index (κ1) is 10.6. The summed E-state index contributed by atoms with van der Waals surface area (Å²) in [4.78, 5) is 10.4. The van der Waals surface area contributed by atoms with Crippen LogP contribution in [0.1, 0.15) is 5.56 Å². The van der Waals surface area contributed by atoms with Gasteiger partial charge in [0.1, 0.15) is 5.69 Å². The van der Waals surface area contributed by atoms with E-state index in [0.717, 1.165) is 5.56 Å². The molecular weight excluding hydrogens is 232 g/mol. The van der Waals surface area contributed by atoms with Crippen LogP contribution in [0.4, 0.5) is 5.69 Å². The molecule has 7 heteroatoms. The first-order valence-corrected chi connectivity index (χ1v) is 4.79. The molecule has 0 unspecified atom stereocenters. The smallest absolute Gasteiger partial charge is 0.258 e. The standard InChI is InChI=1S/C9H7ClN4O2/c1-6-2-3-7(8(4-6)14(15)16)13-5-9(10)11-12-13/h2-5H,1H3. The van der Waals surface area contributed by atoms with Gasteiger partial charge in [-0.25, -0.2) is 4.68 Å². The summed E-state index contributed by atoms with van der Waals surface area (Å²) in [5.41, 5.74) is 1.12. The molecule has 0 saturated heterocycles. The molecule has 1 aromatic heterocycles. The lowest BCUT2D eigenvalue weighted by atomic mass is 10.2. The number of nitro benzene ring substituents is 1. The third-order valence-corrected chi connectivity index (χ3v) is 2.21. The topological polar surface area (TPSA) is 73.8 Å². The second kappa shape index (κ2) is 3.90. The summed E-state index contributed by atoms with van der Waals surface area (Å²) < 4.78 is 1.28. The minimum absolute atomic E-state index is 0.0263. The van der Waals surface area contributed by atoms with Crippen LogP contribution in [-0.2, 0) is 0 Å². The Kier molecular flexibility index (Phi) is 2.57. The van der Waals surface area contributed by atoms with Crippen molar-refractivity contribution in [2.75, 3.05) is 0 Å². The van der Waals surface area contributed by atoms with Gasteiger partial charge in [0.15, 0.2) is 5.15 Å². The van der Waals surface area contributed by atoms with Crippen molar-refractivity contribution in [1.29, 1.82) is 0 Å². The molecule has 16 heavy (non-hydrogen) atoms. The molecule has 0 atom stereocenters. The van der Waals surface area contributed by atoms with Crippen LogP contribution < -0.4 is 0 Å². The molecule has 0 amide bonds. The lowest BCUT2D eigenvalue weighted by molar-refractivity contribution is -0.384. The molecule has 0 radical (unpaired) electrons. The van der Waals surface area contributed by atoms with Crippen LogP contribution in [-0.4, -0.2) is 19.9 Å². The molecule has 0 fully saturated rings. The van der Waals surface area contributed by atoms with Crippen LogP contribution >= 0.6 is 11.6 Å². The number of nitrogens with zero attached hydrogens (tertiary/aromatic N) is 4. The van der Waals surface area contributed by atoms with E-state index in [0.29, 0.717) is 5.69 Å². The molecule has 1 aromatic carbocycles. The number of hydrogen-bond donors (Lipinski definition) is 0. The van der Waals surface area contributed by atoms with Crippen molar-refractivity contribution in [3.8, 4) is 5.69 Å². The Balaban J connectivity index is 2.60. The molecular formula is C9H7ClN4O2. The van der Waals surface area contributed by atoms with Crippen molar-refractivity contribution >= 4 is 17.3 Å². The zero-order chi connectivity index (χ0) is 11.7. The highest BCUT2D eigenvalue weighted by atomic mass is 35.5. The zero-order valence-electron chi connectivity index (χ0n) is 8.29. The van der Waals surface area contributed by atoms with Gasteiger partial charge in [0, 0.05) is 6.07 Å². The summed E-state index contributed by atoms with van der Waals surface area (Å²) in [5.74, 6) is 0. The van der Waals surface area contributed by atoms with Crippen LogP contribution in [0.25, 0.3) is 5.69 Å². The van der Waals surface area contributed by atoms with Crippen molar-refractivity contribution in [3.63, 3.8) is 0 Å². The van der Waals surface area contributed by atoms with Gasteiger partial charge in [-0.3, -0.25) is 10.1 Å². The van der Waals surface area contributed by atoms with Gasteiger partial charge in [0.2, 0.25) is 0 Å². The predicted octanol–water partition coefficient (Wildman–Crippen LogP) is 2.14. The fourth-order valence-electron chi connectivity index (χ4n) is 1.33. The third kappa shape index (κ3) is 1.87. The van der Waals surface area contributed by atoms with Crippen molar-refractivity contribution < 1.29 is 4.92 Å². The van der Waals surface area contributed by atoms with Crippen LogP contribution in [0.2, 0.25) is 5.15 Å². The molecule has 2 rings (SSSR count). The van der Waals surface area contributed by atoms with E-state index in [4.69, 9.17) is 11.6 Å². The minimum atomic E-state index is -0.460. The number of nitro groups is 1. The SMILES string of the molecule is Cc1ccc(-n2cc(Cl)nn2)c([N+](=O)[O-])c1. The molecule has 0 spiro atoms. The Hall–Kier alpha value is -1.95. The van der Waals surface area contributed by atoms with E-state index in [1.54, 1.807) is 19.1 Å². The maximum Gasteiger partial charge on any atom is 0.295 e. The number of halogens is 1. The molecule has 0 aliphatic rings. The van der Waals surface area contributed by atoms with Crippen LogP contribution in [0.3, 0.4) is 0 Å². The normalized spacial score (nSPS) is 10.4. The summed E-state index contributed by atoms with van der Waals surface area (Å²) in [6, 6.07) is 4.85. The lowest BCUT2D eigenvalue weighted by Crippen LogP contribution is -2.01. The van der Waals surface area contributed by atoms with Gasteiger partial charge in [-0.2, -0.15) is 0 Å². The van der Waals surface area contributed by atoms with E-state index in [1.165, 1.54) is 16.9 Å². The molecule has 0 N–H and O–H groups in total. The Morgan fingerprint density at radius 2 is 2.25 bits per heavy atom. The highest BCUT2D eigenvalue weighted by Crippen LogP contribution is 2.23. The van der Waals surface area contributed by atoms with Crippen LogP contribution in [0, 0.1) is 17.0 Å². The molecule has 0 saturated carbocycles. The van der Waals surface area contributed by atoms with Crippen LogP contribution in [0.5, 0.6) is 0 Å². The van der Waals surface area contributed by atoms with Gasteiger partial charge >= 0.3 is 0 Å². The van der Waals surface area contributed by atoms with Gasteiger partial charge in [0.25, 0.3) is 5.69 Å². The molecule has 0 aliphatic heterocycles. The highest BCUT2D eigenvalue weighted by Gasteiger charge is 2.16. The van der Waals surface area contributed by atoms with E-state index in [1.807, 2.05) is 0 Å². The predicted molar refractivity (Wildman–Crippen MR) is 57.8 cm³/mol. The number of aryl methyl sites for hydroxylation is 1. The molecule has 0 bridgehead atoms. The van der Waals surface area contributed by atoms with Crippen molar-refractivity contribution in [3.05, 3.63) is 45.2 Å². The van der Waals surface area contributed by atoms with E-state index in [9.17, 15) is 10.1 Å². The lowest BCUT2D eigenvalue weighted by Gasteiger charge is -2.02. The van der Waals surface area contributed by atoms with Gasteiger partial charge in [-0.1, -0.05) is 22.9 Å². The van der Waals surface area contributed by atoms with E-state index < -0.39 is 4.92 Å². The van der Waals surface area contributed by atoms with Gasteiger partial charge in [-0.05, 0) is 18.6 Å². The number of benzene rings is 1. The summed E-state index contributed by atoms with van der Waals surface area (Å²) in [5, 5.41) is 18.3. The third-order valence-electron chi connectivity index (χ3n) is 2.04. The molecule has 0 aliphatic carbocycles. The number of aromatic nitrogens is 3. The van der Waals surface area contributed by atoms with Gasteiger partial charge in [-0.15, -0.1) is 5.10 Å². The van der Waals surface area contributed by atoms with E-state index in [-0.39, 0.29) is 10.8 Å². The minimum Gasteiger partial charge on any atom is -0.258 e. The maximum absolute atomic E-state index is 10.9. The van der Waals surface area contributed by atoms with Gasteiger partial charge < -0.3 is 0 Å². The fraction of sp³-hybridized carbons (Fsp3) is 0.111. The average molecular weight is 239 g/mol. The summed E-state index contributed by atoms with van der Waals surface area (Å²) >= 11 is 5.61. The number of rotatable bonds is 2.